The predicted octanol–water partition coefficient (Wildman–Crippen LogP) is 3.28. The van der Waals surface area contributed by atoms with Crippen molar-refractivity contribution in [3.8, 4) is 0 Å². The van der Waals surface area contributed by atoms with Crippen LogP contribution in [0.3, 0.4) is 0 Å². The van der Waals surface area contributed by atoms with E-state index in [4.69, 9.17) is 4.74 Å². The fourth-order valence-corrected chi connectivity index (χ4v) is 5.78. The van der Waals surface area contributed by atoms with E-state index in [1.165, 1.54) is 21.6 Å². The minimum atomic E-state index is -0.574. The van der Waals surface area contributed by atoms with Gasteiger partial charge in [0.05, 0.1) is 13.2 Å². The number of nitrogens with zero attached hydrogens (tertiary/aromatic N) is 1. The Morgan fingerprint density at radius 1 is 0.640 bits per heavy atom. The van der Waals surface area contributed by atoms with Gasteiger partial charge in [0, 0.05) is 24.1 Å². The van der Waals surface area contributed by atoms with Crippen molar-refractivity contribution in [2.24, 2.45) is 0 Å². The van der Waals surface area contributed by atoms with Gasteiger partial charge in [0.2, 0.25) is 0 Å². The molecule has 0 atom stereocenters. The maximum absolute atomic E-state index is 5.55. The van der Waals surface area contributed by atoms with Gasteiger partial charge in [-0.1, -0.05) is 78.9 Å². The third kappa shape index (κ3) is 3.61. The molecule has 0 spiro atoms. The van der Waals surface area contributed by atoms with Crippen LogP contribution < -0.4 is 20.8 Å². The van der Waals surface area contributed by atoms with Gasteiger partial charge < -0.3 is 9.64 Å². The summed E-state index contributed by atoms with van der Waals surface area (Å²) in [6.45, 7) is 3.54. The SMILES string of the molecule is c1ccc(P(c2ccccc2)c2ccccc2N2CCOCC2)cc1. The van der Waals surface area contributed by atoms with Crippen LogP contribution in [0.5, 0.6) is 0 Å². The lowest BCUT2D eigenvalue weighted by Gasteiger charge is -2.32. The van der Waals surface area contributed by atoms with Crippen molar-refractivity contribution in [2.45, 2.75) is 0 Å². The first kappa shape index (κ1) is 16.3. The second kappa shape index (κ2) is 7.82. The van der Waals surface area contributed by atoms with Gasteiger partial charge in [-0.15, -0.1) is 0 Å². The van der Waals surface area contributed by atoms with Crippen molar-refractivity contribution < 1.29 is 4.74 Å². The largest absolute Gasteiger partial charge is 0.378 e. The lowest BCUT2D eigenvalue weighted by molar-refractivity contribution is 0.123. The van der Waals surface area contributed by atoms with Gasteiger partial charge in [-0.25, -0.2) is 0 Å². The zero-order valence-corrected chi connectivity index (χ0v) is 15.1. The summed E-state index contributed by atoms with van der Waals surface area (Å²) in [7, 11) is -0.574. The molecule has 0 radical (unpaired) electrons. The molecule has 1 aliphatic heterocycles. The van der Waals surface area contributed by atoms with Crippen molar-refractivity contribution in [1.82, 2.24) is 0 Å². The van der Waals surface area contributed by atoms with Gasteiger partial charge in [-0.05, 0) is 24.6 Å². The molecule has 1 fully saturated rings. The van der Waals surface area contributed by atoms with Crippen LogP contribution in [0.15, 0.2) is 84.9 Å². The average molecular weight is 347 g/mol. The van der Waals surface area contributed by atoms with Crippen LogP contribution in [0.1, 0.15) is 0 Å². The van der Waals surface area contributed by atoms with E-state index in [1.807, 2.05) is 0 Å². The van der Waals surface area contributed by atoms with Gasteiger partial charge in [-0.2, -0.15) is 0 Å². The van der Waals surface area contributed by atoms with E-state index in [9.17, 15) is 0 Å². The van der Waals surface area contributed by atoms with Crippen molar-refractivity contribution in [3.05, 3.63) is 84.9 Å². The number of rotatable bonds is 4. The fourth-order valence-electron chi connectivity index (χ4n) is 3.31. The summed E-state index contributed by atoms with van der Waals surface area (Å²) < 4.78 is 5.55. The van der Waals surface area contributed by atoms with Crippen molar-refractivity contribution in [3.63, 3.8) is 0 Å². The maximum atomic E-state index is 5.55. The van der Waals surface area contributed by atoms with E-state index >= 15 is 0 Å². The zero-order valence-electron chi connectivity index (χ0n) is 14.2. The molecular weight excluding hydrogens is 325 g/mol. The molecule has 25 heavy (non-hydrogen) atoms. The van der Waals surface area contributed by atoms with Crippen LogP contribution in [0.25, 0.3) is 0 Å². The van der Waals surface area contributed by atoms with Gasteiger partial charge in [0.25, 0.3) is 0 Å². The summed E-state index contributed by atoms with van der Waals surface area (Å²) in [6, 6.07) is 30.7. The second-order valence-corrected chi connectivity index (χ2v) is 8.28. The molecule has 0 aromatic heterocycles. The van der Waals surface area contributed by atoms with Crippen LogP contribution in [-0.4, -0.2) is 26.3 Å². The molecule has 0 N–H and O–H groups in total. The summed E-state index contributed by atoms with van der Waals surface area (Å²) in [5, 5.41) is 4.21. The van der Waals surface area contributed by atoms with Crippen LogP contribution >= 0.6 is 7.92 Å². The maximum Gasteiger partial charge on any atom is 0.0642 e. The fraction of sp³-hybridized carbons (Fsp3) is 0.182. The second-order valence-electron chi connectivity index (χ2n) is 6.09. The van der Waals surface area contributed by atoms with Crippen LogP contribution in [0.2, 0.25) is 0 Å². The van der Waals surface area contributed by atoms with Crippen LogP contribution in [0, 0.1) is 0 Å². The Kier molecular flexibility index (Phi) is 5.11. The molecule has 0 unspecified atom stereocenters. The third-order valence-electron chi connectivity index (χ3n) is 4.50. The summed E-state index contributed by atoms with van der Waals surface area (Å²) in [6.07, 6.45) is 0. The number of morpholine rings is 1. The van der Waals surface area contributed by atoms with E-state index in [-0.39, 0.29) is 0 Å². The molecule has 3 aromatic rings. The van der Waals surface area contributed by atoms with Gasteiger partial charge >= 0.3 is 0 Å². The highest BCUT2D eigenvalue weighted by atomic mass is 31.1. The molecule has 4 rings (SSSR count). The minimum Gasteiger partial charge on any atom is -0.378 e. The highest BCUT2D eigenvalue weighted by molar-refractivity contribution is 7.80. The number of hydrogen-bond donors (Lipinski definition) is 0. The van der Waals surface area contributed by atoms with Gasteiger partial charge in [-0.3, -0.25) is 0 Å². The van der Waals surface area contributed by atoms with E-state index in [0.29, 0.717) is 0 Å². The van der Waals surface area contributed by atoms with Crippen molar-refractivity contribution >= 4 is 29.5 Å². The van der Waals surface area contributed by atoms with E-state index in [1.54, 1.807) is 0 Å². The Labute approximate surface area is 150 Å². The van der Waals surface area contributed by atoms with Gasteiger partial charge in [0.15, 0.2) is 0 Å². The van der Waals surface area contributed by atoms with Crippen LogP contribution in [-0.2, 0) is 4.74 Å². The molecular formula is C22H22NOP. The summed E-state index contributed by atoms with van der Waals surface area (Å²) in [5.74, 6) is 0. The highest BCUT2D eigenvalue weighted by Gasteiger charge is 2.22. The molecule has 0 bridgehead atoms. The third-order valence-corrected chi connectivity index (χ3v) is 6.99. The first-order chi connectivity index (χ1) is 12.4. The average Bonchev–Trinajstić information content (AvgIpc) is 2.71. The normalized spacial score (nSPS) is 14.7. The van der Waals surface area contributed by atoms with Crippen molar-refractivity contribution in [1.29, 1.82) is 0 Å². The Balaban J connectivity index is 1.83. The quantitative estimate of drug-likeness (QED) is 0.672. The highest BCUT2D eigenvalue weighted by Crippen LogP contribution is 2.36. The number of hydrogen-bond acceptors (Lipinski definition) is 2. The Bertz CT molecular complexity index is 761. The van der Waals surface area contributed by atoms with Crippen molar-refractivity contribution in [2.75, 3.05) is 31.2 Å². The number of benzene rings is 3. The molecule has 0 amide bonds. The first-order valence-electron chi connectivity index (χ1n) is 8.75. The van der Waals surface area contributed by atoms with E-state index in [0.717, 1.165) is 26.3 Å². The Morgan fingerprint density at radius 3 is 1.76 bits per heavy atom. The molecule has 1 saturated heterocycles. The minimum absolute atomic E-state index is 0.574. The van der Waals surface area contributed by atoms with Gasteiger partial charge in [0.1, 0.15) is 0 Å². The first-order valence-corrected chi connectivity index (χ1v) is 10.1. The molecule has 126 valence electrons. The van der Waals surface area contributed by atoms with E-state index in [2.05, 4.69) is 89.8 Å². The molecule has 0 saturated carbocycles. The molecule has 1 aliphatic rings. The summed E-state index contributed by atoms with van der Waals surface area (Å²) in [4.78, 5) is 2.47. The lowest BCUT2D eigenvalue weighted by Crippen LogP contribution is -2.39. The Morgan fingerprint density at radius 2 is 1.16 bits per heavy atom. The molecule has 2 nitrogen and oxygen atoms in total. The number of anilines is 1. The number of ether oxygens (including phenoxy) is 1. The molecule has 1 heterocycles. The van der Waals surface area contributed by atoms with Crippen LogP contribution in [0.4, 0.5) is 5.69 Å². The molecule has 3 heteroatoms. The zero-order chi connectivity index (χ0) is 16.9. The smallest absolute Gasteiger partial charge is 0.0642 e. The van der Waals surface area contributed by atoms with E-state index < -0.39 is 7.92 Å². The molecule has 3 aromatic carbocycles. The topological polar surface area (TPSA) is 12.5 Å². The molecule has 0 aliphatic carbocycles. The number of para-hydroxylation sites is 1. The summed E-state index contributed by atoms with van der Waals surface area (Å²) >= 11 is 0. The Hall–Kier alpha value is -2.15. The predicted molar refractivity (Wildman–Crippen MR) is 108 cm³/mol. The standard InChI is InChI=1S/C22H22NOP/c1-3-9-19(10-4-1)25(20-11-5-2-6-12-20)22-14-8-7-13-21(22)23-15-17-24-18-16-23/h1-14H,15-18H2. The monoisotopic (exact) mass is 347 g/mol. The lowest BCUT2D eigenvalue weighted by atomic mass is 10.2. The summed E-state index contributed by atoms with van der Waals surface area (Å²) in [5.41, 5.74) is 1.35.